The standard InChI is InChI=1S/C45H27N5O.C40H23N3OS.C29H16N2OS/c1-4-16-28(17-5-1)43-46-44(29-18-6-2-7-19-29)48-45(47-43)50-35-26-14-11-23-32(35)39-40-37(38-33-24-12-15-27-36(33)51-42(38)41(39)50)31-22-10-13-25-34(31)49(40)30-20-8-3-9-21-30;1-3-13-24(14-4-1)29-23-33(42-40(41-29)25-15-5-2-6-16-25)43-30-20-10-7-17-26(30)34-35-28-19-9-12-22-32(28)45-39(35)38-36(37(34)43)27-18-8-11-21-31(27)44-38;1-4-12-21-18(9-1)24-25-20-11-3-6-14-23(20)33-29(25)28-26(19-10-2-5-13-22(19)32-28)27(24)31(21)17-8-7-15-30-16-17/h1-27H;1-23H;1-16H. The normalized spacial score (nSPS) is 12.0. The Morgan fingerprint density at radius 1 is 0.233 bits per heavy atom. The molecule has 0 unspecified atom stereocenters. The van der Waals surface area contributed by atoms with Gasteiger partial charge >= 0.3 is 0 Å². The minimum atomic E-state index is 0.525. The quantitative estimate of drug-likeness (QED) is 0.146. The topological polar surface area (TPSA) is 136 Å². The van der Waals surface area contributed by atoms with E-state index in [1.54, 1.807) is 11.3 Å². The first kappa shape index (κ1) is 72.5. The van der Waals surface area contributed by atoms with Crippen LogP contribution < -0.4 is 0 Å². The molecule has 0 atom stereocenters. The highest BCUT2D eigenvalue weighted by Crippen LogP contribution is 2.55. The van der Waals surface area contributed by atoms with Crippen LogP contribution in [0.25, 0.3) is 262 Å². The number of fused-ring (bicyclic) bond motifs is 36. The van der Waals surface area contributed by atoms with Crippen LogP contribution in [-0.2, 0) is 0 Å². The molecule has 29 rings (SSSR count). The van der Waals surface area contributed by atoms with Gasteiger partial charge in [0.2, 0.25) is 5.95 Å². The van der Waals surface area contributed by atoms with E-state index < -0.39 is 0 Å². The zero-order valence-corrected chi connectivity index (χ0v) is 70.3. The molecular weight excluding hydrogens is 1620 g/mol. The van der Waals surface area contributed by atoms with Gasteiger partial charge < -0.3 is 22.4 Å². The second-order valence-corrected chi connectivity index (χ2v) is 34.6. The Balaban J connectivity index is 0.000000102. The van der Waals surface area contributed by atoms with Crippen LogP contribution in [0, 0.1) is 0 Å². The highest BCUT2D eigenvalue weighted by molar-refractivity contribution is 7.27. The lowest BCUT2D eigenvalue weighted by Crippen LogP contribution is -2.06. The summed E-state index contributed by atoms with van der Waals surface area (Å²) in [6.45, 7) is 0. The SMILES string of the molecule is c1ccc(-c2cc(-n3c4ccccc4c4c5c6ccccc6sc5c5oc6ccccc6c5c43)nc(-c3ccccc3)n2)cc1.c1ccc(-c2nc(-c3ccccc3)nc(-n3c4ccccc4c4c3c3oc5ccccc5c3c3c5ccccc5n(-c5ccccc5)c34)n2)cc1.c1cncc(-n2c3ccccc3c3c4c5ccccc5sc4c4oc5ccccc5c4c32)c1. The summed E-state index contributed by atoms with van der Waals surface area (Å²) >= 11 is 3.63. The maximum atomic E-state index is 6.96. The molecule has 0 aliphatic heterocycles. The molecule has 602 valence electrons. The molecule has 129 heavy (non-hydrogen) atoms. The summed E-state index contributed by atoms with van der Waals surface area (Å²) in [5.74, 6) is 3.24. The van der Waals surface area contributed by atoms with Crippen LogP contribution in [0.5, 0.6) is 0 Å². The van der Waals surface area contributed by atoms with Gasteiger partial charge in [0.25, 0.3) is 0 Å². The maximum Gasteiger partial charge on any atom is 0.238 e. The molecule has 0 bridgehead atoms. The molecule has 13 nitrogen and oxygen atoms in total. The highest BCUT2D eigenvalue weighted by Gasteiger charge is 2.32. The van der Waals surface area contributed by atoms with Crippen molar-refractivity contribution in [2.75, 3.05) is 0 Å². The summed E-state index contributed by atoms with van der Waals surface area (Å²) in [5.41, 5.74) is 20.9. The third kappa shape index (κ3) is 11.0. The van der Waals surface area contributed by atoms with Crippen LogP contribution in [0.2, 0.25) is 0 Å². The van der Waals surface area contributed by atoms with Gasteiger partial charge in [-0.1, -0.05) is 303 Å². The Bertz CT molecular complexity index is 9530. The summed E-state index contributed by atoms with van der Waals surface area (Å²) in [7, 11) is 0. The number of benzene rings is 17. The van der Waals surface area contributed by atoms with Gasteiger partial charge in [0.05, 0.1) is 76.4 Å². The number of pyridine rings is 1. The van der Waals surface area contributed by atoms with Crippen molar-refractivity contribution in [2.24, 2.45) is 0 Å². The summed E-state index contributed by atoms with van der Waals surface area (Å²) < 4.78 is 34.5. The molecule has 0 fully saturated rings. The van der Waals surface area contributed by atoms with Gasteiger partial charge in [-0.3, -0.25) is 14.1 Å². The van der Waals surface area contributed by atoms with Crippen molar-refractivity contribution < 1.29 is 13.3 Å². The molecule has 12 heterocycles. The zero-order valence-electron chi connectivity index (χ0n) is 68.6. The predicted molar refractivity (Wildman–Crippen MR) is 533 cm³/mol. The summed E-state index contributed by atoms with van der Waals surface area (Å²) in [6, 6.07) is 135. The first-order valence-corrected chi connectivity index (χ1v) is 44.7. The Morgan fingerprint density at radius 3 is 1.08 bits per heavy atom. The van der Waals surface area contributed by atoms with Gasteiger partial charge in [0.1, 0.15) is 28.1 Å². The molecule has 0 radical (unpaired) electrons. The van der Waals surface area contributed by atoms with Gasteiger partial charge in [0, 0.05) is 136 Å². The number of para-hydroxylation sites is 8. The Labute approximate surface area is 741 Å². The molecule has 0 amide bonds. The number of hydrogen-bond acceptors (Lipinski definition) is 11. The number of hydrogen-bond donors (Lipinski definition) is 0. The molecule has 0 aliphatic carbocycles. The molecule has 0 spiro atoms. The number of nitrogens with zero attached hydrogens (tertiary/aromatic N) is 10. The maximum absolute atomic E-state index is 6.96. The van der Waals surface area contributed by atoms with Crippen molar-refractivity contribution in [3.8, 4) is 68.6 Å². The lowest BCUT2D eigenvalue weighted by atomic mass is 10.0. The molecule has 0 N–H and O–H groups in total. The van der Waals surface area contributed by atoms with E-state index in [9.17, 15) is 0 Å². The monoisotopic (exact) mass is 1690 g/mol. The number of thiophene rings is 2. The van der Waals surface area contributed by atoms with Crippen LogP contribution in [0.1, 0.15) is 0 Å². The Morgan fingerprint density at radius 2 is 0.589 bits per heavy atom. The molecule has 0 saturated carbocycles. The lowest BCUT2D eigenvalue weighted by Gasteiger charge is -2.12. The average Bonchev–Trinajstić information content (AvgIpc) is 1.48. The summed E-state index contributed by atoms with van der Waals surface area (Å²) in [6.07, 6.45) is 3.76. The predicted octanol–water partition coefficient (Wildman–Crippen LogP) is 30.9. The smallest absolute Gasteiger partial charge is 0.238 e. The minimum absolute atomic E-state index is 0.525. The van der Waals surface area contributed by atoms with Crippen molar-refractivity contribution in [2.45, 2.75) is 0 Å². The van der Waals surface area contributed by atoms with E-state index in [0.29, 0.717) is 23.4 Å². The van der Waals surface area contributed by atoms with Gasteiger partial charge in [-0.2, -0.15) is 9.97 Å². The van der Waals surface area contributed by atoms with E-state index in [-0.39, 0.29) is 0 Å². The fourth-order valence-corrected chi connectivity index (χ4v) is 22.5. The van der Waals surface area contributed by atoms with Crippen LogP contribution in [-0.4, -0.2) is 48.2 Å². The minimum Gasteiger partial charge on any atom is -0.454 e. The first-order valence-electron chi connectivity index (χ1n) is 43.0. The van der Waals surface area contributed by atoms with Crippen molar-refractivity contribution in [3.05, 3.63) is 401 Å². The van der Waals surface area contributed by atoms with Crippen molar-refractivity contribution in [3.63, 3.8) is 0 Å². The van der Waals surface area contributed by atoms with E-state index in [2.05, 4.69) is 302 Å². The summed E-state index contributed by atoms with van der Waals surface area (Å²) in [4.78, 5) is 30.3. The molecule has 12 aromatic heterocycles. The van der Waals surface area contributed by atoms with E-state index in [1.807, 2.05) is 133 Å². The Kier molecular flexibility index (Phi) is 16.2. The van der Waals surface area contributed by atoms with Crippen LogP contribution in [0.15, 0.2) is 414 Å². The van der Waals surface area contributed by atoms with Gasteiger partial charge in [-0.25, -0.2) is 15.0 Å². The number of rotatable bonds is 8. The van der Waals surface area contributed by atoms with Gasteiger partial charge in [-0.05, 0) is 78.9 Å². The highest BCUT2D eigenvalue weighted by atomic mass is 32.1. The fraction of sp³-hybridized carbons (Fsp3) is 0. The molecule has 15 heteroatoms. The largest absolute Gasteiger partial charge is 0.454 e. The second-order valence-electron chi connectivity index (χ2n) is 32.5. The van der Waals surface area contributed by atoms with Crippen LogP contribution >= 0.6 is 22.7 Å². The fourth-order valence-electron chi connectivity index (χ4n) is 20.1. The molecule has 17 aromatic carbocycles. The number of aromatic nitrogens is 10. The first-order chi connectivity index (χ1) is 64.1. The molecule has 29 aromatic rings. The van der Waals surface area contributed by atoms with Crippen molar-refractivity contribution in [1.82, 2.24) is 48.2 Å². The Hall–Kier alpha value is -17.0. The van der Waals surface area contributed by atoms with Crippen LogP contribution in [0.3, 0.4) is 0 Å². The lowest BCUT2D eigenvalue weighted by molar-refractivity contribution is 0.671. The third-order valence-electron chi connectivity index (χ3n) is 25.4. The van der Waals surface area contributed by atoms with Gasteiger partial charge in [-0.15, -0.1) is 22.7 Å². The van der Waals surface area contributed by atoms with Crippen molar-refractivity contribution in [1.29, 1.82) is 0 Å². The van der Waals surface area contributed by atoms with E-state index in [4.69, 9.17) is 38.2 Å². The van der Waals surface area contributed by atoms with E-state index in [0.717, 1.165) is 155 Å². The van der Waals surface area contributed by atoms with E-state index >= 15 is 0 Å². The second kappa shape index (κ2) is 28.8. The molecular formula is C114H66N10O3S2. The van der Waals surface area contributed by atoms with Crippen molar-refractivity contribution >= 4 is 216 Å². The van der Waals surface area contributed by atoms with Crippen LogP contribution in [0.4, 0.5) is 0 Å². The van der Waals surface area contributed by atoms with E-state index in [1.165, 1.54) is 83.7 Å². The zero-order chi connectivity index (χ0) is 84.5. The molecule has 0 aliphatic rings. The number of furan rings is 3. The van der Waals surface area contributed by atoms with Gasteiger partial charge in [0.15, 0.2) is 34.2 Å². The average molecular weight is 1690 g/mol. The summed E-state index contributed by atoms with van der Waals surface area (Å²) in [5, 5.41) is 21.1. The third-order valence-corrected chi connectivity index (χ3v) is 27.8. The molecule has 0 saturated heterocycles.